The minimum Gasteiger partial charge on any atom is -0.741 e. The monoisotopic (exact) mass is 394 g/mol. The molecule has 1 rings (SSSR count). The number of allylic oxidation sites excluding steroid dienone is 1. The lowest BCUT2D eigenvalue weighted by atomic mass is 10.2. The summed E-state index contributed by atoms with van der Waals surface area (Å²) in [5.41, 5.74) is -5.65. The van der Waals surface area contributed by atoms with Gasteiger partial charge in [0.15, 0.2) is 10.1 Å². The van der Waals surface area contributed by atoms with Crippen LogP contribution in [0.1, 0.15) is 18.7 Å². The van der Waals surface area contributed by atoms with Gasteiger partial charge in [-0.05, 0) is 12.8 Å². The van der Waals surface area contributed by atoms with Gasteiger partial charge < -0.3 is 4.55 Å². The number of rotatable bonds is 7. The molecule has 0 unspecified atom stereocenters. The Morgan fingerprint density at radius 2 is 1.83 bits per heavy atom. The number of aromatic nitrogens is 2. The van der Waals surface area contributed by atoms with Gasteiger partial charge in [0.25, 0.3) is 15.9 Å². The third-order valence-electron chi connectivity index (χ3n) is 2.53. The zero-order valence-corrected chi connectivity index (χ0v) is 14.0. The Morgan fingerprint density at radius 3 is 2.25 bits per heavy atom. The summed E-state index contributed by atoms with van der Waals surface area (Å²) in [5.74, 6) is 0.866. The molecule has 2 N–H and O–H groups in total. The van der Waals surface area contributed by atoms with Crippen molar-refractivity contribution in [3.8, 4) is 0 Å². The van der Waals surface area contributed by atoms with E-state index in [9.17, 15) is 21.6 Å². The number of alkyl halides is 3. The molecule has 0 aliphatic carbocycles. The molecule has 13 heteroatoms. The van der Waals surface area contributed by atoms with Gasteiger partial charge in [0, 0.05) is 6.42 Å². The Labute approximate surface area is 137 Å². The van der Waals surface area contributed by atoms with Crippen LogP contribution in [0.2, 0.25) is 0 Å². The van der Waals surface area contributed by atoms with Gasteiger partial charge in [-0.2, -0.15) is 21.6 Å². The SMILES string of the molecule is C=CC[n+]1cc[nH]c1CCCCS(=O)(=O)O.O=S(=O)([O-])C(F)(F)F. The second-order valence-electron chi connectivity index (χ2n) is 4.49. The number of hydrogen-bond acceptors (Lipinski definition) is 5. The van der Waals surface area contributed by atoms with Crippen molar-refractivity contribution in [1.29, 1.82) is 0 Å². The van der Waals surface area contributed by atoms with Crippen LogP contribution in [0.4, 0.5) is 13.2 Å². The molecule has 0 amide bonds. The predicted octanol–water partition coefficient (Wildman–Crippen LogP) is 0.750. The molecule has 0 spiro atoms. The predicted molar refractivity (Wildman–Crippen MR) is 76.3 cm³/mol. The Hall–Kier alpha value is -1.44. The molecule has 1 aromatic rings. The molecule has 0 saturated carbocycles. The molecule has 1 heterocycles. The van der Waals surface area contributed by atoms with Gasteiger partial charge in [-0.1, -0.05) is 12.7 Å². The minimum atomic E-state index is -6.09. The smallest absolute Gasteiger partial charge is 0.485 e. The van der Waals surface area contributed by atoms with Gasteiger partial charge in [0.05, 0.1) is 5.75 Å². The number of H-pyrrole nitrogens is 1. The van der Waals surface area contributed by atoms with E-state index in [0.29, 0.717) is 6.42 Å². The first-order valence-corrected chi connectivity index (χ1v) is 9.43. The van der Waals surface area contributed by atoms with Gasteiger partial charge >= 0.3 is 5.51 Å². The van der Waals surface area contributed by atoms with Crippen LogP contribution in [0.25, 0.3) is 0 Å². The highest BCUT2D eigenvalue weighted by Gasteiger charge is 2.36. The first kappa shape index (κ1) is 22.6. The molecular weight excluding hydrogens is 377 g/mol. The Balaban J connectivity index is 0.000000561. The Bertz CT molecular complexity index is 725. The number of imidazole rings is 1. The van der Waals surface area contributed by atoms with Gasteiger partial charge in [-0.25, -0.2) is 18.0 Å². The van der Waals surface area contributed by atoms with Crippen LogP contribution in [0.5, 0.6) is 0 Å². The Kier molecular flexibility index (Phi) is 8.60. The highest BCUT2D eigenvalue weighted by Crippen LogP contribution is 2.20. The van der Waals surface area contributed by atoms with Crippen molar-refractivity contribution in [2.75, 3.05) is 5.75 Å². The van der Waals surface area contributed by atoms with Crippen LogP contribution >= 0.6 is 0 Å². The maximum atomic E-state index is 10.7. The second-order valence-corrected chi connectivity index (χ2v) is 7.43. The van der Waals surface area contributed by atoms with Crippen molar-refractivity contribution in [2.45, 2.75) is 31.3 Å². The highest BCUT2D eigenvalue weighted by molar-refractivity contribution is 7.86. The van der Waals surface area contributed by atoms with Crippen LogP contribution in [-0.2, 0) is 33.2 Å². The van der Waals surface area contributed by atoms with Crippen LogP contribution in [0.3, 0.4) is 0 Å². The van der Waals surface area contributed by atoms with Crippen molar-refractivity contribution >= 4 is 20.2 Å². The van der Waals surface area contributed by atoms with Gasteiger partial charge in [-0.15, -0.1) is 0 Å². The van der Waals surface area contributed by atoms with E-state index < -0.39 is 25.7 Å². The standard InChI is InChI=1S/C10H16N2O3S.CHF3O3S/c1-2-7-12-8-6-11-10(12)5-3-4-9-16(13,14)15;2-1(3,4)8(5,6)7/h2,6,8H,1,3-5,7,9H2,(H,13,14,15);(H,5,6,7). The maximum Gasteiger partial charge on any atom is 0.485 e. The molecule has 0 aliphatic heterocycles. The summed E-state index contributed by atoms with van der Waals surface area (Å²) in [4.78, 5) is 3.09. The first-order chi connectivity index (χ1) is 10.8. The van der Waals surface area contributed by atoms with Gasteiger partial charge in [-0.3, -0.25) is 4.55 Å². The average Bonchev–Trinajstić information content (AvgIpc) is 2.80. The van der Waals surface area contributed by atoms with E-state index in [0.717, 1.165) is 25.2 Å². The molecule has 24 heavy (non-hydrogen) atoms. The largest absolute Gasteiger partial charge is 0.741 e. The van der Waals surface area contributed by atoms with Crippen LogP contribution in [-0.4, -0.2) is 42.2 Å². The number of aromatic amines is 1. The Morgan fingerprint density at radius 1 is 1.29 bits per heavy atom. The molecule has 0 bridgehead atoms. The number of halogens is 3. The summed E-state index contributed by atoms with van der Waals surface area (Å²) in [7, 11) is -9.91. The molecule has 0 aliphatic rings. The highest BCUT2D eigenvalue weighted by atomic mass is 32.2. The number of unbranched alkanes of at least 4 members (excludes halogenated alkanes) is 1. The lowest BCUT2D eigenvalue weighted by Gasteiger charge is -2.08. The quantitative estimate of drug-likeness (QED) is 0.231. The summed E-state index contributed by atoms with van der Waals surface area (Å²) in [6.07, 6.45) is 7.50. The van der Waals surface area contributed by atoms with Crippen LogP contribution in [0, 0.1) is 0 Å². The van der Waals surface area contributed by atoms with Gasteiger partial charge in [0.1, 0.15) is 18.9 Å². The summed E-state index contributed by atoms with van der Waals surface area (Å²) < 4.78 is 90.5. The first-order valence-electron chi connectivity index (χ1n) is 6.42. The van der Waals surface area contributed by atoms with Crippen molar-refractivity contribution in [2.24, 2.45) is 0 Å². The lowest BCUT2D eigenvalue weighted by molar-refractivity contribution is -0.693. The van der Waals surface area contributed by atoms with Crippen LogP contribution < -0.4 is 4.57 Å². The fourth-order valence-electron chi connectivity index (χ4n) is 1.50. The summed E-state index contributed by atoms with van der Waals surface area (Å²) in [6, 6.07) is 0. The molecule has 140 valence electrons. The summed E-state index contributed by atoms with van der Waals surface area (Å²) in [5, 5.41) is 0. The minimum absolute atomic E-state index is 0.171. The maximum absolute atomic E-state index is 10.7. The number of nitrogens with zero attached hydrogens (tertiary/aromatic N) is 1. The summed E-state index contributed by atoms with van der Waals surface area (Å²) in [6.45, 7) is 4.39. The molecule has 0 saturated heterocycles. The van der Waals surface area contributed by atoms with Crippen molar-refractivity contribution < 1.29 is 43.7 Å². The molecule has 0 aromatic carbocycles. The van der Waals surface area contributed by atoms with E-state index in [1.54, 1.807) is 6.08 Å². The van der Waals surface area contributed by atoms with E-state index in [4.69, 9.17) is 17.5 Å². The second kappa shape index (κ2) is 9.15. The van der Waals surface area contributed by atoms with E-state index >= 15 is 0 Å². The average molecular weight is 394 g/mol. The van der Waals surface area contributed by atoms with E-state index in [-0.39, 0.29) is 5.75 Å². The molecule has 8 nitrogen and oxygen atoms in total. The fourth-order valence-corrected chi connectivity index (χ4v) is 2.07. The third-order valence-corrected chi connectivity index (χ3v) is 3.90. The molecule has 0 atom stereocenters. The van der Waals surface area contributed by atoms with Gasteiger partial charge in [0.2, 0.25) is 0 Å². The zero-order valence-electron chi connectivity index (χ0n) is 12.4. The molecule has 0 fully saturated rings. The van der Waals surface area contributed by atoms with E-state index in [2.05, 4.69) is 11.6 Å². The number of aryl methyl sites for hydroxylation is 1. The molecule has 1 aromatic heterocycles. The summed E-state index contributed by atoms with van der Waals surface area (Å²) >= 11 is 0. The van der Waals surface area contributed by atoms with Crippen LogP contribution in [0.15, 0.2) is 25.0 Å². The third kappa shape index (κ3) is 9.64. The van der Waals surface area contributed by atoms with E-state index in [1.807, 2.05) is 17.0 Å². The molecular formula is C11H17F3N2O6S2. The number of nitrogens with one attached hydrogen (secondary N) is 1. The lowest BCUT2D eigenvalue weighted by Crippen LogP contribution is -2.35. The number of hydrogen-bond donors (Lipinski definition) is 2. The van der Waals surface area contributed by atoms with E-state index in [1.165, 1.54) is 0 Å². The topological polar surface area (TPSA) is 131 Å². The van der Waals surface area contributed by atoms with Crippen molar-refractivity contribution in [3.05, 3.63) is 30.9 Å². The van der Waals surface area contributed by atoms with Crippen molar-refractivity contribution in [3.63, 3.8) is 0 Å². The fraction of sp³-hybridized carbons (Fsp3) is 0.545. The van der Waals surface area contributed by atoms with Crippen molar-refractivity contribution in [1.82, 2.24) is 4.98 Å². The normalized spacial score (nSPS) is 12.4. The zero-order chi connectivity index (χ0) is 19.0. The molecule has 0 radical (unpaired) electrons.